The van der Waals surface area contributed by atoms with Crippen molar-refractivity contribution in [3.8, 4) is 0 Å². The normalized spacial score (nSPS) is 11.6. The van der Waals surface area contributed by atoms with Gasteiger partial charge >= 0.3 is 0 Å². The lowest BCUT2D eigenvalue weighted by molar-refractivity contribution is 0.579. The van der Waals surface area contributed by atoms with Crippen LogP contribution in [0.2, 0.25) is 0 Å². The van der Waals surface area contributed by atoms with Crippen molar-refractivity contribution in [2.45, 2.75) is 24.9 Å². The monoisotopic (exact) mass is 308 g/mol. The highest BCUT2D eigenvalue weighted by Gasteiger charge is 2.16. The summed E-state index contributed by atoms with van der Waals surface area (Å²) in [7, 11) is -3.67. The molecule has 6 heteroatoms. The fourth-order valence-corrected chi connectivity index (χ4v) is 3.28. The smallest absolute Gasteiger partial charge is 0.241 e. The summed E-state index contributed by atoms with van der Waals surface area (Å²) >= 11 is 0. The van der Waals surface area contributed by atoms with Gasteiger partial charge in [0, 0.05) is 13.1 Å². The maximum Gasteiger partial charge on any atom is 0.241 e. The van der Waals surface area contributed by atoms with Gasteiger partial charge in [-0.2, -0.15) is 0 Å². The summed E-state index contributed by atoms with van der Waals surface area (Å²) in [5.74, 6) is -0.456. The second kappa shape index (κ2) is 6.34. The van der Waals surface area contributed by atoms with Crippen molar-refractivity contribution in [3.63, 3.8) is 0 Å². The van der Waals surface area contributed by atoms with E-state index in [2.05, 4.69) is 4.72 Å². The van der Waals surface area contributed by atoms with Crippen molar-refractivity contribution >= 4 is 10.0 Å². The van der Waals surface area contributed by atoms with Crippen LogP contribution in [0.4, 0.5) is 4.39 Å². The molecule has 0 fully saturated rings. The van der Waals surface area contributed by atoms with Crippen LogP contribution in [0.25, 0.3) is 0 Å². The SMILES string of the molecule is Cc1cc(F)ccc1S(=O)(=O)NCc1cccc(CN)c1. The molecule has 0 amide bonds. The number of nitrogens with two attached hydrogens (primary N) is 1. The number of rotatable bonds is 5. The molecule has 0 aliphatic rings. The van der Waals surface area contributed by atoms with E-state index in [-0.39, 0.29) is 11.4 Å². The standard InChI is InChI=1S/C15H17FN2O2S/c1-11-7-14(16)5-6-15(11)21(19,20)18-10-13-4-2-3-12(8-13)9-17/h2-8,18H,9-10,17H2,1H3. The molecule has 0 bridgehead atoms. The van der Waals surface area contributed by atoms with E-state index >= 15 is 0 Å². The second-order valence-electron chi connectivity index (χ2n) is 4.76. The van der Waals surface area contributed by atoms with Crippen molar-refractivity contribution in [2.75, 3.05) is 0 Å². The van der Waals surface area contributed by atoms with E-state index < -0.39 is 15.8 Å². The van der Waals surface area contributed by atoms with Crippen LogP contribution < -0.4 is 10.5 Å². The molecule has 112 valence electrons. The highest BCUT2D eigenvalue weighted by molar-refractivity contribution is 7.89. The molecule has 0 saturated heterocycles. The third-order valence-electron chi connectivity index (χ3n) is 3.12. The molecule has 0 spiro atoms. The van der Waals surface area contributed by atoms with Crippen molar-refractivity contribution in [3.05, 3.63) is 65.0 Å². The number of nitrogens with one attached hydrogen (secondary N) is 1. The number of hydrogen-bond acceptors (Lipinski definition) is 3. The molecule has 0 aromatic heterocycles. The molecule has 0 saturated carbocycles. The third kappa shape index (κ3) is 3.87. The fraction of sp³-hybridized carbons (Fsp3) is 0.200. The van der Waals surface area contributed by atoms with Crippen LogP contribution in [0, 0.1) is 12.7 Å². The average molecular weight is 308 g/mol. The van der Waals surface area contributed by atoms with Crippen LogP contribution in [0.1, 0.15) is 16.7 Å². The Labute approximate surface area is 123 Å². The minimum Gasteiger partial charge on any atom is -0.326 e. The molecule has 0 atom stereocenters. The van der Waals surface area contributed by atoms with E-state index in [1.165, 1.54) is 12.1 Å². The zero-order valence-electron chi connectivity index (χ0n) is 11.6. The highest BCUT2D eigenvalue weighted by Crippen LogP contribution is 2.16. The summed E-state index contributed by atoms with van der Waals surface area (Å²) in [5, 5.41) is 0. The van der Waals surface area contributed by atoms with Gasteiger partial charge < -0.3 is 5.73 Å². The van der Waals surface area contributed by atoms with Crippen LogP contribution >= 0.6 is 0 Å². The summed E-state index contributed by atoms with van der Waals surface area (Å²) in [6, 6.07) is 11.0. The van der Waals surface area contributed by atoms with E-state index in [0.29, 0.717) is 12.1 Å². The lowest BCUT2D eigenvalue weighted by atomic mass is 10.1. The zero-order valence-corrected chi connectivity index (χ0v) is 12.5. The molecule has 2 rings (SSSR count). The molecule has 3 N–H and O–H groups in total. The first-order valence-corrected chi connectivity index (χ1v) is 7.94. The summed E-state index contributed by atoms with van der Waals surface area (Å²) in [6.45, 7) is 2.12. The lowest BCUT2D eigenvalue weighted by Crippen LogP contribution is -2.24. The molecule has 0 heterocycles. The van der Waals surface area contributed by atoms with Crippen molar-refractivity contribution in [1.82, 2.24) is 4.72 Å². The lowest BCUT2D eigenvalue weighted by Gasteiger charge is -2.10. The van der Waals surface area contributed by atoms with Gasteiger partial charge in [-0.05, 0) is 41.8 Å². The van der Waals surface area contributed by atoms with Crippen LogP contribution in [0.15, 0.2) is 47.4 Å². The fourth-order valence-electron chi connectivity index (χ4n) is 2.04. The third-order valence-corrected chi connectivity index (χ3v) is 4.68. The van der Waals surface area contributed by atoms with Crippen LogP contribution in [-0.4, -0.2) is 8.42 Å². The molecular weight excluding hydrogens is 291 g/mol. The van der Waals surface area contributed by atoms with Gasteiger partial charge in [-0.3, -0.25) is 0 Å². The molecule has 0 aliphatic heterocycles. The molecule has 0 aliphatic carbocycles. The quantitative estimate of drug-likeness (QED) is 0.888. The van der Waals surface area contributed by atoms with E-state index in [4.69, 9.17) is 5.73 Å². The van der Waals surface area contributed by atoms with Gasteiger partial charge in [0.2, 0.25) is 10.0 Å². The summed E-state index contributed by atoms with van der Waals surface area (Å²) in [5.41, 5.74) is 7.68. The first-order valence-electron chi connectivity index (χ1n) is 6.46. The van der Waals surface area contributed by atoms with Crippen molar-refractivity contribution in [2.24, 2.45) is 5.73 Å². The van der Waals surface area contributed by atoms with E-state index in [0.717, 1.165) is 17.2 Å². The number of hydrogen-bond donors (Lipinski definition) is 2. The maximum atomic E-state index is 13.0. The van der Waals surface area contributed by atoms with Crippen molar-refractivity contribution < 1.29 is 12.8 Å². The molecule has 4 nitrogen and oxygen atoms in total. The predicted octanol–water partition coefficient (Wildman–Crippen LogP) is 2.07. The Balaban J connectivity index is 2.17. The predicted molar refractivity (Wildman–Crippen MR) is 79.5 cm³/mol. The topological polar surface area (TPSA) is 72.2 Å². The second-order valence-corrected chi connectivity index (χ2v) is 6.49. The van der Waals surface area contributed by atoms with Gasteiger partial charge in [-0.1, -0.05) is 24.3 Å². The zero-order chi connectivity index (χ0) is 15.5. The molecule has 2 aromatic rings. The average Bonchev–Trinajstić information content (AvgIpc) is 2.45. The van der Waals surface area contributed by atoms with Gasteiger partial charge in [0.25, 0.3) is 0 Å². The largest absolute Gasteiger partial charge is 0.326 e. The van der Waals surface area contributed by atoms with Crippen molar-refractivity contribution in [1.29, 1.82) is 0 Å². The summed E-state index contributed by atoms with van der Waals surface area (Å²) in [4.78, 5) is 0.0823. The van der Waals surface area contributed by atoms with E-state index in [9.17, 15) is 12.8 Å². The van der Waals surface area contributed by atoms with Crippen LogP contribution in [-0.2, 0) is 23.1 Å². The van der Waals surface area contributed by atoms with Gasteiger partial charge in [-0.25, -0.2) is 17.5 Å². The van der Waals surface area contributed by atoms with Crippen LogP contribution in [0.3, 0.4) is 0 Å². The molecule has 2 aromatic carbocycles. The Bertz CT molecular complexity index is 745. The Morgan fingerprint density at radius 3 is 2.52 bits per heavy atom. The number of aryl methyl sites for hydroxylation is 1. The Hall–Kier alpha value is -1.76. The van der Waals surface area contributed by atoms with Gasteiger partial charge in [0.1, 0.15) is 5.82 Å². The van der Waals surface area contributed by atoms with Gasteiger partial charge in [-0.15, -0.1) is 0 Å². The Morgan fingerprint density at radius 2 is 1.86 bits per heavy atom. The van der Waals surface area contributed by atoms with Crippen LogP contribution in [0.5, 0.6) is 0 Å². The summed E-state index contributed by atoms with van der Waals surface area (Å²) in [6.07, 6.45) is 0. The van der Waals surface area contributed by atoms with E-state index in [1.54, 1.807) is 6.92 Å². The van der Waals surface area contributed by atoms with Gasteiger partial charge in [0.15, 0.2) is 0 Å². The molecule has 0 radical (unpaired) electrons. The Morgan fingerprint density at radius 1 is 1.14 bits per heavy atom. The molecular formula is C15H17FN2O2S. The highest BCUT2D eigenvalue weighted by atomic mass is 32.2. The molecule has 21 heavy (non-hydrogen) atoms. The first-order chi connectivity index (χ1) is 9.92. The first kappa shape index (κ1) is 15.6. The minimum absolute atomic E-state index is 0.0823. The van der Waals surface area contributed by atoms with E-state index in [1.807, 2.05) is 24.3 Å². The molecule has 0 unspecified atom stereocenters. The number of halogens is 1. The number of sulfonamides is 1. The van der Waals surface area contributed by atoms with Gasteiger partial charge in [0.05, 0.1) is 4.90 Å². The Kier molecular flexibility index (Phi) is 4.72. The summed E-state index contributed by atoms with van der Waals surface area (Å²) < 4.78 is 40.0. The minimum atomic E-state index is -3.67. The number of benzene rings is 2. The maximum absolute atomic E-state index is 13.0.